The van der Waals surface area contributed by atoms with E-state index in [1.807, 2.05) is 6.92 Å². The lowest BCUT2D eigenvalue weighted by Gasteiger charge is -2.40. The summed E-state index contributed by atoms with van der Waals surface area (Å²) in [4.78, 5) is 16.7. The maximum atomic E-state index is 12.0. The third-order valence-electron chi connectivity index (χ3n) is 4.91. The van der Waals surface area contributed by atoms with Crippen LogP contribution in [0.3, 0.4) is 0 Å². The zero-order valence-electron chi connectivity index (χ0n) is 15.7. The smallest absolute Gasteiger partial charge is 0.251 e. The van der Waals surface area contributed by atoms with Gasteiger partial charge in [-0.05, 0) is 55.9 Å². The Bertz CT molecular complexity index is 580. The number of halogens is 1. The molecule has 146 valence electrons. The number of phenolic OH excluding ortho intramolecular Hbond substituents is 1. The Morgan fingerprint density at radius 3 is 2.31 bits per heavy atom. The van der Waals surface area contributed by atoms with Crippen LogP contribution >= 0.6 is 24.0 Å². The molecule has 4 N–H and O–H groups in total. The Balaban J connectivity index is 0.00000338. The molecule has 0 radical (unpaired) electrons. The van der Waals surface area contributed by atoms with E-state index in [1.54, 1.807) is 12.1 Å². The molecule has 0 aliphatic heterocycles. The number of phenols is 1. The van der Waals surface area contributed by atoms with Gasteiger partial charge < -0.3 is 21.1 Å². The number of rotatable bonds is 8. The summed E-state index contributed by atoms with van der Waals surface area (Å²) in [6.07, 6.45) is 5.04. The van der Waals surface area contributed by atoms with Gasteiger partial charge in [-0.3, -0.25) is 9.79 Å². The van der Waals surface area contributed by atoms with Gasteiger partial charge in [-0.1, -0.05) is 13.3 Å². The van der Waals surface area contributed by atoms with E-state index in [0.717, 1.165) is 19.0 Å². The van der Waals surface area contributed by atoms with Crippen molar-refractivity contribution >= 4 is 35.8 Å². The normalized spacial score (nSPS) is 15.4. The van der Waals surface area contributed by atoms with Crippen molar-refractivity contribution in [3.8, 4) is 5.75 Å². The molecule has 26 heavy (non-hydrogen) atoms. The number of hydrogen-bond donors (Lipinski definition) is 4. The molecular formula is C19H31IN4O2. The van der Waals surface area contributed by atoms with E-state index in [0.29, 0.717) is 24.1 Å². The third-order valence-corrected chi connectivity index (χ3v) is 4.91. The predicted octanol–water partition coefficient (Wildman–Crippen LogP) is 2.88. The van der Waals surface area contributed by atoms with Crippen LogP contribution in [0.5, 0.6) is 5.75 Å². The second-order valence-electron chi connectivity index (χ2n) is 6.63. The fourth-order valence-corrected chi connectivity index (χ4v) is 2.96. The Kier molecular flexibility index (Phi) is 9.75. The monoisotopic (exact) mass is 474 g/mol. The highest BCUT2D eigenvalue weighted by Crippen LogP contribution is 2.43. The van der Waals surface area contributed by atoms with E-state index in [4.69, 9.17) is 4.99 Å². The van der Waals surface area contributed by atoms with Crippen molar-refractivity contribution in [1.82, 2.24) is 16.0 Å². The highest BCUT2D eigenvalue weighted by Gasteiger charge is 2.34. The summed E-state index contributed by atoms with van der Waals surface area (Å²) in [6, 6.07) is 6.22. The maximum absolute atomic E-state index is 12.0. The van der Waals surface area contributed by atoms with Gasteiger partial charge in [-0.25, -0.2) is 0 Å². The number of hydrogen-bond acceptors (Lipinski definition) is 3. The van der Waals surface area contributed by atoms with Crippen molar-refractivity contribution in [2.75, 3.05) is 26.2 Å². The molecule has 6 nitrogen and oxygen atoms in total. The molecule has 1 saturated carbocycles. The van der Waals surface area contributed by atoms with E-state index in [-0.39, 0.29) is 35.6 Å². The van der Waals surface area contributed by atoms with Crippen LogP contribution in [-0.2, 0) is 0 Å². The minimum Gasteiger partial charge on any atom is -0.508 e. The first-order chi connectivity index (χ1) is 12.1. The minimum atomic E-state index is -0.150. The van der Waals surface area contributed by atoms with Crippen LogP contribution in [0, 0.1) is 5.41 Å². The number of aliphatic imine (C=N–C) groups is 1. The molecule has 1 aromatic carbocycles. The number of nitrogens with zero attached hydrogens (tertiary/aromatic N) is 1. The predicted molar refractivity (Wildman–Crippen MR) is 116 cm³/mol. The molecule has 0 atom stereocenters. The first kappa shape index (κ1) is 22.5. The number of guanidine groups is 1. The van der Waals surface area contributed by atoms with Gasteiger partial charge in [0.1, 0.15) is 5.75 Å². The molecule has 1 aliphatic carbocycles. The van der Waals surface area contributed by atoms with E-state index >= 15 is 0 Å². The maximum Gasteiger partial charge on any atom is 0.251 e. The largest absolute Gasteiger partial charge is 0.508 e. The van der Waals surface area contributed by atoms with Gasteiger partial charge >= 0.3 is 0 Å². The molecule has 1 aliphatic rings. The number of nitrogens with one attached hydrogen (secondary N) is 3. The van der Waals surface area contributed by atoms with Crippen LogP contribution in [0.15, 0.2) is 29.3 Å². The lowest BCUT2D eigenvalue weighted by atomic mass is 9.67. The SMILES string of the molecule is CCNC(=NCC1(CC)CCC1)NCCNC(=O)c1ccc(O)cc1.I. The van der Waals surface area contributed by atoms with Gasteiger partial charge in [0.25, 0.3) is 5.91 Å². The first-order valence-electron chi connectivity index (χ1n) is 9.18. The summed E-state index contributed by atoms with van der Waals surface area (Å²) in [5, 5.41) is 18.6. The Morgan fingerprint density at radius 1 is 1.12 bits per heavy atom. The zero-order valence-corrected chi connectivity index (χ0v) is 18.0. The number of benzene rings is 1. The van der Waals surface area contributed by atoms with Crippen molar-refractivity contribution in [2.45, 2.75) is 39.5 Å². The molecule has 0 saturated heterocycles. The van der Waals surface area contributed by atoms with Crippen molar-refractivity contribution in [2.24, 2.45) is 10.4 Å². The zero-order chi connectivity index (χ0) is 18.1. The lowest BCUT2D eigenvalue weighted by Crippen LogP contribution is -2.42. The van der Waals surface area contributed by atoms with E-state index < -0.39 is 0 Å². The van der Waals surface area contributed by atoms with Crippen LogP contribution in [0.2, 0.25) is 0 Å². The highest BCUT2D eigenvalue weighted by molar-refractivity contribution is 14.0. The minimum absolute atomic E-state index is 0. The average Bonchev–Trinajstić information content (AvgIpc) is 2.58. The molecule has 1 aromatic rings. The Morgan fingerprint density at radius 2 is 1.77 bits per heavy atom. The van der Waals surface area contributed by atoms with Crippen molar-refractivity contribution in [1.29, 1.82) is 0 Å². The van der Waals surface area contributed by atoms with Gasteiger partial charge in [0.15, 0.2) is 5.96 Å². The molecule has 2 rings (SSSR count). The summed E-state index contributed by atoms with van der Waals surface area (Å²) in [7, 11) is 0. The lowest BCUT2D eigenvalue weighted by molar-refractivity contribution is 0.0954. The number of aromatic hydroxyl groups is 1. The fraction of sp³-hybridized carbons (Fsp3) is 0.579. The molecule has 0 bridgehead atoms. The number of carbonyl (C=O) groups is 1. The fourth-order valence-electron chi connectivity index (χ4n) is 2.96. The summed E-state index contributed by atoms with van der Waals surface area (Å²) in [5.74, 6) is 0.810. The number of amides is 1. The highest BCUT2D eigenvalue weighted by atomic mass is 127. The summed E-state index contributed by atoms with van der Waals surface area (Å²) >= 11 is 0. The molecule has 0 aromatic heterocycles. The molecule has 1 amide bonds. The molecule has 0 spiro atoms. The molecule has 0 heterocycles. The van der Waals surface area contributed by atoms with Gasteiger partial charge in [0.05, 0.1) is 0 Å². The van der Waals surface area contributed by atoms with Crippen molar-refractivity contribution < 1.29 is 9.90 Å². The van der Waals surface area contributed by atoms with Crippen LogP contribution in [-0.4, -0.2) is 43.2 Å². The summed E-state index contributed by atoms with van der Waals surface area (Å²) in [6.45, 7) is 7.07. The molecule has 0 unspecified atom stereocenters. The number of carbonyl (C=O) groups excluding carboxylic acids is 1. The van der Waals surface area contributed by atoms with Gasteiger partial charge in [-0.15, -0.1) is 24.0 Å². The van der Waals surface area contributed by atoms with Crippen LogP contribution < -0.4 is 16.0 Å². The second kappa shape index (κ2) is 11.3. The third kappa shape index (κ3) is 6.66. The van der Waals surface area contributed by atoms with E-state index in [1.165, 1.54) is 37.8 Å². The molecule has 1 fully saturated rings. The Labute approximate surface area is 173 Å². The van der Waals surface area contributed by atoms with Crippen LogP contribution in [0.1, 0.15) is 49.9 Å². The van der Waals surface area contributed by atoms with Gasteiger partial charge in [0.2, 0.25) is 0 Å². The standard InChI is InChI=1S/C19H30N4O2.HI/c1-3-19(10-5-11-19)14-23-18(20-4-2)22-13-12-21-17(25)15-6-8-16(24)9-7-15;/h6-9,24H,3-5,10-14H2,1-2H3,(H,21,25)(H2,20,22,23);1H. The summed E-state index contributed by atoms with van der Waals surface area (Å²) in [5.41, 5.74) is 0.934. The van der Waals surface area contributed by atoms with Crippen LogP contribution in [0.4, 0.5) is 0 Å². The van der Waals surface area contributed by atoms with Crippen LogP contribution in [0.25, 0.3) is 0 Å². The van der Waals surface area contributed by atoms with E-state index in [2.05, 4.69) is 22.9 Å². The topological polar surface area (TPSA) is 85.8 Å². The average molecular weight is 474 g/mol. The quantitative estimate of drug-likeness (QED) is 0.202. The summed E-state index contributed by atoms with van der Waals surface area (Å²) < 4.78 is 0. The Hall–Kier alpha value is -1.51. The first-order valence-corrected chi connectivity index (χ1v) is 9.18. The van der Waals surface area contributed by atoms with Crippen molar-refractivity contribution in [3.05, 3.63) is 29.8 Å². The molecule has 7 heteroatoms. The van der Waals surface area contributed by atoms with Gasteiger partial charge in [0, 0.05) is 31.7 Å². The van der Waals surface area contributed by atoms with Crippen molar-refractivity contribution in [3.63, 3.8) is 0 Å². The van der Waals surface area contributed by atoms with E-state index in [9.17, 15) is 9.90 Å². The second-order valence-corrected chi connectivity index (χ2v) is 6.63. The molecular weight excluding hydrogens is 443 g/mol. The van der Waals surface area contributed by atoms with Gasteiger partial charge in [-0.2, -0.15) is 0 Å².